The zero-order valence-electron chi connectivity index (χ0n) is 6.67. The fourth-order valence-electron chi connectivity index (χ4n) is 0.443. The van der Waals surface area contributed by atoms with Gasteiger partial charge in [-0.1, -0.05) is 13.3 Å². The lowest BCUT2D eigenvalue weighted by molar-refractivity contribution is 0.192. The van der Waals surface area contributed by atoms with Crippen molar-refractivity contribution < 1.29 is 5.11 Å². The molecule has 0 rings (SSSR count). The number of hydrogen-bond donors (Lipinski definition) is 2. The van der Waals surface area contributed by atoms with Gasteiger partial charge in [-0.25, -0.2) is 0 Å². The van der Waals surface area contributed by atoms with E-state index in [-0.39, 0.29) is 6.10 Å². The van der Waals surface area contributed by atoms with Crippen LogP contribution in [-0.4, -0.2) is 24.0 Å². The zero-order valence-corrected chi connectivity index (χ0v) is 6.67. The Morgan fingerprint density at radius 1 is 1.70 bits per heavy atom. The summed E-state index contributed by atoms with van der Waals surface area (Å²) >= 11 is 0. The maximum absolute atomic E-state index is 8.77. The second-order valence-corrected chi connectivity index (χ2v) is 2.31. The molecule has 10 heavy (non-hydrogen) atoms. The summed E-state index contributed by atoms with van der Waals surface area (Å²) in [7, 11) is 0. The molecule has 0 saturated heterocycles. The molecular formula is C7H16N2O. The first kappa shape index (κ1) is 9.43. The van der Waals surface area contributed by atoms with E-state index in [0.717, 1.165) is 12.8 Å². The van der Waals surface area contributed by atoms with Crippen molar-refractivity contribution in [2.75, 3.05) is 6.54 Å². The van der Waals surface area contributed by atoms with Crippen LogP contribution in [0, 0.1) is 0 Å². The molecule has 3 nitrogen and oxygen atoms in total. The Morgan fingerprint density at radius 2 is 2.40 bits per heavy atom. The topological polar surface area (TPSA) is 44.6 Å². The molecule has 0 saturated carbocycles. The third-order valence-electron chi connectivity index (χ3n) is 0.987. The fourth-order valence-corrected chi connectivity index (χ4v) is 0.443. The zero-order chi connectivity index (χ0) is 7.82. The Bertz CT molecular complexity index is 91.6. The standard InChI is InChI=1S/C7H16N2O/c1-3-4-5-8-9-6-7(2)10/h5,7,9-10H,3-4,6H2,1-2H3/b8-5+. The first-order valence-electron chi connectivity index (χ1n) is 3.69. The van der Waals surface area contributed by atoms with E-state index in [1.807, 2.05) is 6.21 Å². The predicted molar refractivity (Wildman–Crippen MR) is 43.1 cm³/mol. The van der Waals surface area contributed by atoms with Crippen LogP contribution in [0.25, 0.3) is 0 Å². The van der Waals surface area contributed by atoms with E-state index in [2.05, 4.69) is 17.5 Å². The van der Waals surface area contributed by atoms with E-state index >= 15 is 0 Å². The van der Waals surface area contributed by atoms with Crippen molar-refractivity contribution in [3.63, 3.8) is 0 Å². The summed E-state index contributed by atoms with van der Waals surface area (Å²) in [5, 5.41) is 12.6. The van der Waals surface area contributed by atoms with Crippen LogP contribution in [0.3, 0.4) is 0 Å². The van der Waals surface area contributed by atoms with Crippen LogP contribution >= 0.6 is 0 Å². The summed E-state index contributed by atoms with van der Waals surface area (Å²) in [6.07, 6.45) is 3.61. The van der Waals surface area contributed by atoms with E-state index < -0.39 is 0 Å². The van der Waals surface area contributed by atoms with E-state index in [9.17, 15) is 0 Å². The van der Waals surface area contributed by atoms with Gasteiger partial charge in [0.25, 0.3) is 0 Å². The number of nitrogens with zero attached hydrogens (tertiary/aromatic N) is 1. The molecule has 0 spiro atoms. The minimum Gasteiger partial charge on any atom is -0.392 e. The average molecular weight is 144 g/mol. The number of aliphatic hydroxyl groups is 1. The Hall–Kier alpha value is -0.570. The highest BCUT2D eigenvalue weighted by Gasteiger charge is 1.88. The number of aliphatic hydroxyl groups excluding tert-OH is 1. The molecule has 0 heterocycles. The molecule has 3 heteroatoms. The van der Waals surface area contributed by atoms with Gasteiger partial charge in [0.15, 0.2) is 0 Å². The lowest BCUT2D eigenvalue weighted by atomic mass is 10.4. The monoisotopic (exact) mass is 144 g/mol. The fraction of sp³-hybridized carbons (Fsp3) is 0.857. The second-order valence-electron chi connectivity index (χ2n) is 2.31. The molecule has 1 unspecified atom stereocenters. The van der Waals surface area contributed by atoms with Gasteiger partial charge in [-0.3, -0.25) is 0 Å². The third kappa shape index (κ3) is 7.43. The summed E-state index contributed by atoms with van der Waals surface area (Å²) in [6, 6.07) is 0. The molecule has 0 aliphatic rings. The van der Waals surface area contributed by atoms with Crippen LogP contribution in [0.5, 0.6) is 0 Å². The van der Waals surface area contributed by atoms with Crippen molar-refractivity contribution >= 4 is 6.21 Å². The van der Waals surface area contributed by atoms with Crippen molar-refractivity contribution in [3.8, 4) is 0 Å². The third-order valence-corrected chi connectivity index (χ3v) is 0.987. The summed E-state index contributed by atoms with van der Waals surface area (Å²) in [5.41, 5.74) is 2.74. The normalized spacial score (nSPS) is 13.9. The van der Waals surface area contributed by atoms with Gasteiger partial charge in [-0.05, 0) is 13.3 Å². The largest absolute Gasteiger partial charge is 0.392 e. The lowest BCUT2D eigenvalue weighted by Crippen LogP contribution is -2.19. The molecule has 60 valence electrons. The Morgan fingerprint density at radius 3 is 2.90 bits per heavy atom. The average Bonchev–Trinajstić information content (AvgIpc) is 1.87. The van der Waals surface area contributed by atoms with Crippen LogP contribution < -0.4 is 5.43 Å². The molecule has 0 aliphatic carbocycles. The van der Waals surface area contributed by atoms with Gasteiger partial charge in [0.2, 0.25) is 0 Å². The number of rotatable bonds is 5. The quantitative estimate of drug-likeness (QED) is 0.441. The van der Waals surface area contributed by atoms with Gasteiger partial charge in [0.1, 0.15) is 0 Å². The highest BCUT2D eigenvalue weighted by molar-refractivity contribution is 5.56. The molecule has 1 atom stereocenters. The van der Waals surface area contributed by atoms with Crippen molar-refractivity contribution in [3.05, 3.63) is 0 Å². The molecule has 0 aromatic rings. The van der Waals surface area contributed by atoms with Crippen LogP contribution in [0.1, 0.15) is 26.7 Å². The summed E-state index contributed by atoms with van der Waals surface area (Å²) in [6.45, 7) is 4.35. The van der Waals surface area contributed by atoms with Gasteiger partial charge >= 0.3 is 0 Å². The van der Waals surface area contributed by atoms with Crippen molar-refractivity contribution in [2.45, 2.75) is 32.8 Å². The van der Waals surface area contributed by atoms with E-state index in [1.54, 1.807) is 6.92 Å². The van der Waals surface area contributed by atoms with E-state index in [0.29, 0.717) is 6.54 Å². The molecule has 0 aliphatic heterocycles. The molecule has 0 aromatic heterocycles. The van der Waals surface area contributed by atoms with Gasteiger partial charge in [-0.2, -0.15) is 5.10 Å². The maximum Gasteiger partial charge on any atom is 0.0701 e. The molecule has 0 aromatic carbocycles. The van der Waals surface area contributed by atoms with Crippen LogP contribution in [0.15, 0.2) is 5.10 Å². The lowest BCUT2D eigenvalue weighted by Gasteiger charge is -2.00. The SMILES string of the molecule is CCC/C=N/NCC(C)O. The first-order chi connectivity index (χ1) is 4.77. The molecule has 0 radical (unpaired) electrons. The number of nitrogens with one attached hydrogen (secondary N) is 1. The van der Waals surface area contributed by atoms with E-state index in [1.165, 1.54) is 0 Å². The first-order valence-corrected chi connectivity index (χ1v) is 3.69. The second kappa shape index (κ2) is 6.55. The Balaban J connectivity index is 3.02. The van der Waals surface area contributed by atoms with Crippen molar-refractivity contribution in [2.24, 2.45) is 5.10 Å². The molecule has 0 bridgehead atoms. The van der Waals surface area contributed by atoms with Crippen LogP contribution in [0.2, 0.25) is 0 Å². The minimum atomic E-state index is -0.321. The van der Waals surface area contributed by atoms with E-state index in [4.69, 9.17) is 5.11 Å². The van der Waals surface area contributed by atoms with Gasteiger partial charge < -0.3 is 10.5 Å². The minimum absolute atomic E-state index is 0.321. The number of hydrazone groups is 1. The maximum atomic E-state index is 8.77. The van der Waals surface area contributed by atoms with Gasteiger partial charge in [0.05, 0.1) is 12.6 Å². The van der Waals surface area contributed by atoms with Crippen molar-refractivity contribution in [1.82, 2.24) is 5.43 Å². The Kier molecular flexibility index (Phi) is 6.18. The molecule has 0 fully saturated rings. The molecule has 0 amide bonds. The van der Waals surface area contributed by atoms with Crippen molar-refractivity contribution in [1.29, 1.82) is 0 Å². The van der Waals surface area contributed by atoms with Crippen LogP contribution in [0.4, 0.5) is 0 Å². The smallest absolute Gasteiger partial charge is 0.0701 e. The Labute approximate surface area is 62.1 Å². The summed E-state index contributed by atoms with van der Waals surface area (Å²) in [4.78, 5) is 0. The highest BCUT2D eigenvalue weighted by atomic mass is 16.3. The highest BCUT2D eigenvalue weighted by Crippen LogP contribution is 1.79. The number of hydrogen-bond acceptors (Lipinski definition) is 3. The van der Waals surface area contributed by atoms with Gasteiger partial charge in [-0.15, -0.1) is 0 Å². The summed E-state index contributed by atoms with van der Waals surface area (Å²) in [5.74, 6) is 0. The van der Waals surface area contributed by atoms with Crippen LogP contribution in [-0.2, 0) is 0 Å². The number of unbranched alkanes of at least 4 members (excludes halogenated alkanes) is 1. The van der Waals surface area contributed by atoms with Gasteiger partial charge in [0, 0.05) is 6.21 Å². The molecule has 2 N–H and O–H groups in total. The molecular weight excluding hydrogens is 128 g/mol. The summed E-state index contributed by atoms with van der Waals surface area (Å²) < 4.78 is 0. The predicted octanol–water partition coefficient (Wildman–Crippen LogP) is 0.743.